The number of allylic oxidation sites excluding steroid dienone is 4. The molecule has 1 amide bonds. The topological polar surface area (TPSA) is 95.9 Å². The van der Waals surface area contributed by atoms with E-state index >= 15 is 0 Å². The first-order chi connectivity index (χ1) is 44.0. The van der Waals surface area contributed by atoms with E-state index < -0.39 is 12.1 Å². The van der Waals surface area contributed by atoms with E-state index in [1.54, 1.807) is 0 Å². The molecule has 2 unspecified atom stereocenters. The number of hydrogen-bond donors (Lipinski definition) is 3. The third-order valence-electron chi connectivity index (χ3n) is 19.5. The quantitative estimate of drug-likeness (QED) is 0.0320. The Kier molecular flexibility index (Phi) is 77.3. The highest BCUT2D eigenvalue weighted by molar-refractivity contribution is 5.76. The highest BCUT2D eigenvalue weighted by Gasteiger charge is 2.20. The molecule has 0 saturated heterocycles. The van der Waals surface area contributed by atoms with Crippen LogP contribution >= 0.6 is 0 Å². The largest absolute Gasteiger partial charge is 0.466 e. The number of carbonyl (C=O) groups is 2. The molecule has 0 aromatic carbocycles. The number of esters is 1. The van der Waals surface area contributed by atoms with Crippen LogP contribution in [0.1, 0.15) is 470 Å². The fourth-order valence-corrected chi connectivity index (χ4v) is 13.3. The molecule has 2 atom stereocenters. The van der Waals surface area contributed by atoms with Crippen LogP contribution in [0.25, 0.3) is 0 Å². The maximum Gasteiger partial charge on any atom is 0.305 e. The van der Waals surface area contributed by atoms with Crippen molar-refractivity contribution in [2.75, 3.05) is 13.2 Å². The van der Waals surface area contributed by atoms with E-state index in [4.69, 9.17) is 4.74 Å². The average molecular weight is 1250 g/mol. The third-order valence-corrected chi connectivity index (χ3v) is 19.5. The van der Waals surface area contributed by atoms with Gasteiger partial charge in [0.1, 0.15) is 0 Å². The number of nitrogens with one attached hydrogen (secondary N) is 1. The molecule has 0 aromatic rings. The monoisotopic (exact) mass is 1250 g/mol. The maximum absolute atomic E-state index is 12.5. The summed E-state index contributed by atoms with van der Waals surface area (Å²) in [4.78, 5) is 24.6. The van der Waals surface area contributed by atoms with Gasteiger partial charge in [-0.2, -0.15) is 0 Å². The lowest BCUT2D eigenvalue weighted by Crippen LogP contribution is -2.45. The Labute approximate surface area is 558 Å². The molecule has 0 aromatic heterocycles. The number of hydrogen-bond acceptors (Lipinski definition) is 5. The molecule has 0 heterocycles. The van der Waals surface area contributed by atoms with Gasteiger partial charge in [-0.05, 0) is 57.8 Å². The van der Waals surface area contributed by atoms with Crippen molar-refractivity contribution in [3.05, 3.63) is 24.3 Å². The zero-order valence-electron chi connectivity index (χ0n) is 60.7. The van der Waals surface area contributed by atoms with Crippen LogP contribution in [0.2, 0.25) is 0 Å². The van der Waals surface area contributed by atoms with Gasteiger partial charge in [-0.15, -0.1) is 0 Å². The number of rotatable bonds is 78. The van der Waals surface area contributed by atoms with Gasteiger partial charge in [0.05, 0.1) is 25.4 Å². The predicted octanol–water partition coefficient (Wildman–Crippen LogP) is 27.2. The van der Waals surface area contributed by atoms with E-state index in [0.717, 1.165) is 44.9 Å². The second kappa shape index (κ2) is 78.8. The number of amides is 1. The molecule has 0 radical (unpaired) electrons. The van der Waals surface area contributed by atoms with Crippen LogP contribution in [-0.4, -0.2) is 47.4 Å². The molecule has 0 fully saturated rings. The molecule has 89 heavy (non-hydrogen) atoms. The minimum Gasteiger partial charge on any atom is -0.466 e. The molecule has 6 heteroatoms. The first kappa shape index (κ1) is 87.3. The first-order valence-electron chi connectivity index (χ1n) is 41.1. The van der Waals surface area contributed by atoms with Crippen LogP contribution in [0.5, 0.6) is 0 Å². The van der Waals surface area contributed by atoms with E-state index in [9.17, 15) is 19.8 Å². The molecule has 0 aliphatic heterocycles. The second-order valence-corrected chi connectivity index (χ2v) is 28.5. The molecule has 0 aliphatic rings. The van der Waals surface area contributed by atoms with Gasteiger partial charge in [0, 0.05) is 12.8 Å². The van der Waals surface area contributed by atoms with Crippen LogP contribution in [0.4, 0.5) is 0 Å². The number of unbranched alkanes of at least 4 members (excludes halogenated alkanes) is 63. The summed E-state index contributed by atoms with van der Waals surface area (Å²) in [6.07, 6.45) is 101. The van der Waals surface area contributed by atoms with Crippen molar-refractivity contribution in [2.45, 2.75) is 482 Å². The summed E-state index contributed by atoms with van der Waals surface area (Å²) in [5.41, 5.74) is 0. The van der Waals surface area contributed by atoms with E-state index in [0.29, 0.717) is 25.9 Å². The van der Waals surface area contributed by atoms with Crippen molar-refractivity contribution in [1.29, 1.82) is 0 Å². The first-order valence-corrected chi connectivity index (χ1v) is 41.1. The van der Waals surface area contributed by atoms with E-state index in [2.05, 4.69) is 43.5 Å². The van der Waals surface area contributed by atoms with Crippen molar-refractivity contribution < 1.29 is 24.5 Å². The van der Waals surface area contributed by atoms with E-state index in [1.165, 1.54) is 392 Å². The van der Waals surface area contributed by atoms with Crippen molar-refractivity contribution in [3.8, 4) is 0 Å². The maximum atomic E-state index is 12.5. The van der Waals surface area contributed by atoms with E-state index in [-0.39, 0.29) is 18.5 Å². The van der Waals surface area contributed by atoms with Gasteiger partial charge in [0.2, 0.25) is 5.91 Å². The van der Waals surface area contributed by atoms with Crippen LogP contribution in [-0.2, 0) is 14.3 Å². The van der Waals surface area contributed by atoms with Crippen molar-refractivity contribution in [3.63, 3.8) is 0 Å². The summed E-state index contributed by atoms with van der Waals surface area (Å²) >= 11 is 0. The smallest absolute Gasteiger partial charge is 0.305 e. The Balaban J connectivity index is 3.34. The minimum atomic E-state index is -0.662. The molecule has 0 rings (SSSR count). The van der Waals surface area contributed by atoms with Crippen LogP contribution in [0.3, 0.4) is 0 Å². The third kappa shape index (κ3) is 75.3. The standard InChI is InChI=1S/C83H161NO5/c1-3-5-7-9-11-13-15-17-19-44-47-51-55-59-63-67-71-75-81(86)80(79-85)84-82(87)76-72-68-64-60-56-52-48-45-42-40-38-36-34-32-30-28-26-24-22-21-23-25-27-29-31-33-35-37-39-41-43-46-50-54-58-62-66-70-74-78-89-83(88)77-73-69-65-61-57-53-49-20-18-16-14-12-10-8-6-4-2/h21-22,25,27,80-81,85-86H,3-20,23-24,26,28-79H2,1-2H3,(H,84,87)/b22-21-,27-25-. The van der Waals surface area contributed by atoms with Gasteiger partial charge in [0.25, 0.3) is 0 Å². The fourth-order valence-electron chi connectivity index (χ4n) is 13.3. The fraction of sp³-hybridized carbons (Fsp3) is 0.928. The van der Waals surface area contributed by atoms with Crippen LogP contribution in [0.15, 0.2) is 24.3 Å². The Hall–Kier alpha value is -1.66. The van der Waals surface area contributed by atoms with E-state index in [1.807, 2.05) is 0 Å². The zero-order chi connectivity index (χ0) is 64.2. The Bertz CT molecular complexity index is 1400. The normalized spacial score (nSPS) is 12.5. The lowest BCUT2D eigenvalue weighted by atomic mass is 10.0. The van der Waals surface area contributed by atoms with Crippen molar-refractivity contribution in [1.82, 2.24) is 5.32 Å². The summed E-state index contributed by atoms with van der Waals surface area (Å²) in [5.74, 6) is -0.00266. The molecule has 6 nitrogen and oxygen atoms in total. The number of aliphatic hydroxyl groups excluding tert-OH is 2. The highest BCUT2D eigenvalue weighted by Crippen LogP contribution is 2.20. The minimum absolute atomic E-state index is 0.0248. The lowest BCUT2D eigenvalue weighted by molar-refractivity contribution is -0.143. The highest BCUT2D eigenvalue weighted by atomic mass is 16.5. The molecule has 3 N–H and O–H groups in total. The van der Waals surface area contributed by atoms with Gasteiger partial charge in [-0.25, -0.2) is 0 Å². The summed E-state index contributed by atoms with van der Waals surface area (Å²) in [6.45, 7) is 5.01. The molecular formula is C83H161NO5. The summed E-state index contributed by atoms with van der Waals surface area (Å²) in [7, 11) is 0. The Morgan fingerprint density at radius 1 is 0.315 bits per heavy atom. The molecule has 0 aliphatic carbocycles. The van der Waals surface area contributed by atoms with Crippen LogP contribution < -0.4 is 5.32 Å². The molecular weight excluding hydrogens is 1090 g/mol. The number of aliphatic hydroxyl groups is 2. The molecule has 0 spiro atoms. The van der Waals surface area contributed by atoms with Crippen molar-refractivity contribution in [2.24, 2.45) is 0 Å². The van der Waals surface area contributed by atoms with Gasteiger partial charge >= 0.3 is 5.97 Å². The summed E-state index contributed by atoms with van der Waals surface area (Å²) in [6, 6.07) is -0.539. The predicted molar refractivity (Wildman–Crippen MR) is 393 cm³/mol. The number of ether oxygens (including phenoxy) is 1. The second-order valence-electron chi connectivity index (χ2n) is 28.5. The molecule has 0 bridgehead atoms. The Morgan fingerprint density at radius 3 is 0.854 bits per heavy atom. The zero-order valence-corrected chi connectivity index (χ0v) is 60.7. The van der Waals surface area contributed by atoms with Crippen LogP contribution in [0, 0.1) is 0 Å². The van der Waals surface area contributed by atoms with Gasteiger partial charge in [0.15, 0.2) is 0 Å². The average Bonchev–Trinajstić information content (AvgIpc) is 3.62. The summed E-state index contributed by atoms with van der Waals surface area (Å²) in [5, 5.41) is 23.4. The van der Waals surface area contributed by atoms with Gasteiger partial charge < -0.3 is 20.3 Å². The summed E-state index contributed by atoms with van der Waals surface area (Å²) < 4.78 is 5.51. The number of carbonyl (C=O) groups excluding carboxylic acids is 2. The van der Waals surface area contributed by atoms with Crippen molar-refractivity contribution >= 4 is 11.9 Å². The molecule has 0 saturated carbocycles. The molecule has 528 valence electrons. The van der Waals surface area contributed by atoms with Gasteiger partial charge in [-0.1, -0.05) is 423 Å². The lowest BCUT2D eigenvalue weighted by Gasteiger charge is -2.22. The SMILES string of the molecule is CCCCCCCCCCCCCCCCCCCC(O)C(CO)NC(=O)CCCCCCCCCCCCCCCCCCC/C=C\C/C=C\CCCCCCCCCCCCCCCCCOC(=O)CCCCCCCCCCCCCCCCCC. The Morgan fingerprint density at radius 2 is 0.562 bits per heavy atom. The van der Waals surface area contributed by atoms with Gasteiger partial charge in [-0.3, -0.25) is 9.59 Å².